The van der Waals surface area contributed by atoms with Crippen molar-refractivity contribution in [2.24, 2.45) is 11.7 Å². The zero-order chi connectivity index (χ0) is 11.3. The summed E-state index contributed by atoms with van der Waals surface area (Å²) in [4.78, 5) is 11.9. The third-order valence-corrected chi connectivity index (χ3v) is 3.33. The molecule has 0 spiro atoms. The van der Waals surface area contributed by atoms with Crippen molar-refractivity contribution in [3.63, 3.8) is 0 Å². The molecule has 2 nitrogen and oxygen atoms in total. The van der Waals surface area contributed by atoms with E-state index in [9.17, 15) is 4.79 Å². The first kappa shape index (κ1) is 12.7. The molecule has 0 unspecified atom stereocenters. The number of hydrogen-bond acceptors (Lipinski definition) is 2. The van der Waals surface area contributed by atoms with Crippen LogP contribution in [0.5, 0.6) is 0 Å². The monoisotopic (exact) mass is 211 g/mol. The molecule has 1 rings (SSSR count). The van der Waals surface area contributed by atoms with E-state index in [-0.39, 0.29) is 5.54 Å². The molecule has 0 saturated heterocycles. The highest BCUT2D eigenvalue weighted by Crippen LogP contribution is 2.25. The summed E-state index contributed by atoms with van der Waals surface area (Å²) < 4.78 is 0. The predicted octanol–water partition coefficient (Wildman–Crippen LogP) is 3.04. The van der Waals surface area contributed by atoms with Crippen LogP contribution in [0.2, 0.25) is 0 Å². The summed E-state index contributed by atoms with van der Waals surface area (Å²) in [6.07, 6.45) is 8.83. The van der Waals surface area contributed by atoms with Crippen molar-refractivity contribution >= 4 is 5.78 Å². The van der Waals surface area contributed by atoms with Gasteiger partial charge in [-0.2, -0.15) is 0 Å². The van der Waals surface area contributed by atoms with Crippen LogP contribution in [-0.4, -0.2) is 11.3 Å². The number of Topliss-reactive ketones (excluding diaryl/α,β-unsaturated/α-hetero) is 1. The molecular weight excluding hydrogens is 186 g/mol. The molecule has 0 aromatic carbocycles. The van der Waals surface area contributed by atoms with Crippen molar-refractivity contribution in [1.29, 1.82) is 0 Å². The van der Waals surface area contributed by atoms with Gasteiger partial charge in [0.1, 0.15) is 5.78 Å². The molecule has 2 heteroatoms. The highest BCUT2D eigenvalue weighted by atomic mass is 16.1. The Morgan fingerprint density at radius 2 is 1.73 bits per heavy atom. The number of carbonyl (C=O) groups is 1. The maximum atomic E-state index is 11.9. The lowest BCUT2D eigenvalue weighted by Gasteiger charge is -2.19. The Hall–Kier alpha value is -0.370. The summed E-state index contributed by atoms with van der Waals surface area (Å²) in [5.74, 6) is 0.797. The molecule has 0 heterocycles. The summed E-state index contributed by atoms with van der Waals surface area (Å²) in [6, 6.07) is 0. The number of carbonyl (C=O) groups excluding carboxylic acids is 1. The van der Waals surface area contributed by atoms with Gasteiger partial charge in [-0.15, -0.1) is 0 Å². The zero-order valence-electron chi connectivity index (χ0n) is 10.2. The van der Waals surface area contributed by atoms with Crippen LogP contribution in [0.15, 0.2) is 0 Å². The minimum Gasteiger partial charge on any atom is -0.326 e. The first-order valence-electron chi connectivity index (χ1n) is 6.31. The molecule has 88 valence electrons. The van der Waals surface area contributed by atoms with Crippen LogP contribution in [0.4, 0.5) is 0 Å². The van der Waals surface area contributed by atoms with Gasteiger partial charge in [-0.1, -0.05) is 25.7 Å². The summed E-state index contributed by atoms with van der Waals surface area (Å²) >= 11 is 0. The lowest BCUT2D eigenvalue weighted by atomic mass is 9.89. The molecule has 0 atom stereocenters. The predicted molar refractivity (Wildman–Crippen MR) is 63.7 cm³/mol. The number of hydrogen-bond donors (Lipinski definition) is 1. The summed E-state index contributed by atoms with van der Waals surface area (Å²) in [6.45, 7) is 3.99. The van der Waals surface area contributed by atoms with Crippen molar-refractivity contribution in [3.8, 4) is 0 Å². The summed E-state index contributed by atoms with van der Waals surface area (Å²) in [5.41, 5.74) is 5.70. The van der Waals surface area contributed by atoms with Crippen LogP contribution in [0, 0.1) is 5.92 Å². The number of rotatable bonds is 4. The molecule has 1 aliphatic rings. The van der Waals surface area contributed by atoms with E-state index in [1.54, 1.807) is 0 Å². The lowest BCUT2D eigenvalue weighted by molar-refractivity contribution is -0.123. The minimum absolute atomic E-state index is 0.194. The fraction of sp³-hybridized carbons (Fsp3) is 0.923. The molecule has 0 radical (unpaired) electrons. The van der Waals surface area contributed by atoms with Gasteiger partial charge in [0, 0.05) is 17.9 Å². The number of nitrogens with two attached hydrogens (primary N) is 1. The third-order valence-electron chi connectivity index (χ3n) is 3.33. The third kappa shape index (κ3) is 5.31. The van der Waals surface area contributed by atoms with Gasteiger partial charge in [0.05, 0.1) is 0 Å². The van der Waals surface area contributed by atoms with E-state index in [1.807, 2.05) is 13.8 Å². The van der Waals surface area contributed by atoms with Gasteiger partial charge in [0.15, 0.2) is 0 Å². The lowest BCUT2D eigenvalue weighted by Crippen LogP contribution is -2.33. The number of ketones is 1. The average Bonchev–Trinajstić information content (AvgIpc) is 2.41. The quantitative estimate of drug-likeness (QED) is 0.726. The SMILES string of the molecule is CC(C)(N)CCC(=O)C1CCCCCC1. The molecule has 1 aliphatic carbocycles. The van der Waals surface area contributed by atoms with Crippen LogP contribution in [0.1, 0.15) is 65.2 Å². The van der Waals surface area contributed by atoms with Crippen LogP contribution in [0.3, 0.4) is 0 Å². The Morgan fingerprint density at radius 3 is 2.20 bits per heavy atom. The van der Waals surface area contributed by atoms with E-state index in [1.165, 1.54) is 25.7 Å². The van der Waals surface area contributed by atoms with E-state index in [4.69, 9.17) is 5.73 Å². The second kappa shape index (κ2) is 5.64. The second-order valence-corrected chi connectivity index (χ2v) is 5.64. The highest BCUT2D eigenvalue weighted by molar-refractivity contribution is 5.81. The Morgan fingerprint density at radius 1 is 1.20 bits per heavy atom. The fourth-order valence-electron chi connectivity index (χ4n) is 2.25. The van der Waals surface area contributed by atoms with Crippen LogP contribution < -0.4 is 5.73 Å². The first-order valence-corrected chi connectivity index (χ1v) is 6.31. The van der Waals surface area contributed by atoms with E-state index < -0.39 is 0 Å². The molecule has 0 aromatic heterocycles. The summed E-state index contributed by atoms with van der Waals surface area (Å²) in [7, 11) is 0. The molecule has 15 heavy (non-hydrogen) atoms. The smallest absolute Gasteiger partial charge is 0.136 e. The van der Waals surface area contributed by atoms with Crippen LogP contribution >= 0.6 is 0 Å². The Labute approximate surface area is 93.6 Å². The molecule has 1 fully saturated rings. The highest BCUT2D eigenvalue weighted by Gasteiger charge is 2.21. The standard InChI is InChI=1S/C13H25NO/c1-13(2,14)10-9-12(15)11-7-5-3-4-6-8-11/h11H,3-10,14H2,1-2H3. The van der Waals surface area contributed by atoms with E-state index in [0.29, 0.717) is 18.1 Å². The molecule has 1 saturated carbocycles. The minimum atomic E-state index is -0.194. The topological polar surface area (TPSA) is 43.1 Å². The Balaban J connectivity index is 2.32. The van der Waals surface area contributed by atoms with Crippen molar-refractivity contribution in [1.82, 2.24) is 0 Å². The van der Waals surface area contributed by atoms with Crippen molar-refractivity contribution < 1.29 is 4.79 Å². The molecule has 0 aromatic rings. The van der Waals surface area contributed by atoms with Gasteiger partial charge in [-0.05, 0) is 33.1 Å². The molecule has 0 amide bonds. The molecule has 2 N–H and O–H groups in total. The average molecular weight is 211 g/mol. The van der Waals surface area contributed by atoms with Gasteiger partial charge >= 0.3 is 0 Å². The Kier molecular flexibility index (Phi) is 4.78. The van der Waals surface area contributed by atoms with Gasteiger partial charge in [0.2, 0.25) is 0 Å². The van der Waals surface area contributed by atoms with E-state index >= 15 is 0 Å². The molecule has 0 bridgehead atoms. The summed E-state index contributed by atoms with van der Waals surface area (Å²) in [5, 5.41) is 0. The second-order valence-electron chi connectivity index (χ2n) is 5.64. The fourth-order valence-corrected chi connectivity index (χ4v) is 2.25. The van der Waals surface area contributed by atoms with Gasteiger partial charge < -0.3 is 5.73 Å². The van der Waals surface area contributed by atoms with Crippen molar-refractivity contribution in [2.45, 2.75) is 70.8 Å². The maximum absolute atomic E-state index is 11.9. The Bertz CT molecular complexity index is 197. The van der Waals surface area contributed by atoms with E-state index in [0.717, 1.165) is 19.3 Å². The van der Waals surface area contributed by atoms with Gasteiger partial charge in [0.25, 0.3) is 0 Å². The zero-order valence-corrected chi connectivity index (χ0v) is 10.2. The van der Waals surface area contributed by atoms with Crippen LogP contribution in [0.25, 0.3) is 0 Å². The largest absolute Gasteiger partial charge is 0.326 e. The first-order chi connectivity index (χ1) is 6.99. The van der Waals surface area contributed by atoms with E-state index in [2.05, 4.69) is 0 Å². The van der Waals surface area contributed by atoms with Crippen molar-refractivity contribution in [2.75, 3.05) is 0 Å². The molecule has 0 aliphatic heterocycles. The van der Waals surface area contributed by atoms with Gasteiger partial charge in [-0.3, -0.25) is 4.79 Å². The van der Waals surface area contributed by atoms with Gasteiger partial charge in [-0.25, -0.2) is 0 Å². The normalized spacial score (nSPS) is 19.9. The van der Waals surface area contributed by atoms with Crippen molar-refractivity contribution in [3.05, 3.63) is 0 Å². The maximum Gasteiger partial charge on any atom is 0.136 e. The molecular formula is C13H25NO. The van der Waals surface area contributed by atoms with Crippen LogP contribution in [-0.2, 0) is 4.79 Å².